The van der Waals surface area contributed by atoms with Crippen molar-refractivity contribution in [1.82, 2.24) is 21.3 Å². The van der Waals surface area contributed by atoms with Crippen LogP contribution in [-0.4, -0.2) is 54.9 Å². The highest BCUT2D eigenvalue weighted by Crippen LogP contribution is 2.45. The highest BCUT2D eigenvalue weighted by atomic mass is 16.6. The number of ether oxygens (including phenoxy) is 1. The van der Waals surface area contributed by atoms with E-state index >= 15 is 0 Å². The van der Waals surface area contributed by atoms with Gasteiger partial charge in [-0.15, -0.1) is 0 Å². The number of hydrogen-bond donors (Lipinski definition) is 5. The largest absolute Gasteiger partial charge is 0.465 e. The molecule has 0 heterocycles. The number of carbonyl (C=O) groups excluding carboxylic acids is 2. The van der Waals surface area contributed by atoms with Crippen LogP contribution in [-0.2, 0) is 22.4 Å². The molecule has 9 heteroatoms. The van der Waals surface area contributed by atoms with Crippen molar-refractivity contribution < 1.29 is 24.2 Å². The molecular weight excluding hydrogens is 580 g/mol. The number of rotatable bonds is 15. The van der Waals surface area contributed by atoms with Crippen molar-refractivity contribution in [2.24, 2.45) is 0 Å². The number of carboxylic acid groups (broad SMARTS) is 1. The van der Waals surface area contributed by atoms with Gasteiger partial charge in [0.2, 0.25) is 5.91 Å². The predicted molar refractivity (Wildman–Crippen MR) is 177 cm³/mol. The van der Waals surface area contributed by atoms with Crippen LogP contribution in [0, 0.1) is 0 Å². The van der Waals surface area contributed by atoms with Crippen LogP contribution >= 0.6 is 0 Å². The number of hydrogen-bond acceptors (Lipinski definition) is 5. The van der Waals surface area contributed by atoms with E-state index in [4.69, 9.17) is 4.74 Å². The molecule has 0 radical (unpaired) electrons. The second kappa shape index (κ2) is 16.2. The number of carbonyl (C=O) groups is 3. The summed E-state index contributed by atoms with van der Waals surface area (Å²) in [5.74, 6) is -0.283. The lowest BCUT2D eigenvalue weighted by Gasteiger charge is -2.21. The summed E-state index contributed by atoms with van der Waals surface area (Å²) in [5.41, 5.74) is 5.89. The lowest BCUT2D eigenvalue weighted by Crippen LogP contribution is -2.48. The molecule has 0 saturated heterocycles. The van der Waals surface area contributed by atoms with Crippen LogP contribution in [0.2, 0.25) is 0 Å². The standard InChI is InChI=1S/C37H40N4O5/c42-35(39-22-12-11-21-38-25-28(40-36(43)44)23-26-13-3-1-4-14-26)33(24-27-15-5-2-6-16-27)41-37(45)46-34-31-19-9-7-17-29(31)30-18-8-10-20-32(30)34/h1-10,13-20,28,33-34,38,40H,11-12,21-25H2,(H,39,42)(H,41,45)(H,43,44). The Morgan fingerprint density at radius 3 is 1.83 bits per heavy atom. The molecule has 2 atom stereocenters. The summed E-state index contributed by atoms with van der Waals surface area (Å²) in [6.07, 6.45) is 0.146. The summed E-state index contributed by atoms with van der Waals surface area (Å²) < 4.78 is 5.95. The Morgan fingerprint density at radius 1 is 0.674 bits per heavy atom. The monoisotopic (exact) mass is 620 g/mol. The van der Waals surface area contributed by atoms with Crippen LogP contribution in [0.1, 0.15) is 41.2 Å². The van der Waals surface area contributed by atoms with Gasteiger partial charge in [0.05, 0.1) is 0 Å². The quantitative estimate of drug-likeness (QED) is 0.112. The number of amides is 3. The van der Waals surface area contributed by atoms with Crippen LogP contribution < -0.4 is 21.3 Å². The van der Waals surface area contributed by atoms with Crippen molar-refractivity contribution in [3.05, 3.63) is 131 Å². The molecule has 0 aliphatic heterocycles. The zero-order chi connectivity index (χ0) is 32.1. The first-order chi connectivity index (χ1) is 22.5. The van der Waals surface area contributed by atoms with E-state index in [1.165, 1.54) is 0 Å². The van der Waals surface area contributed by atoms with Gasteiger partial charge in [0.1, 0.15) is 6.04 Å². The Bertz CT molecular complexity index is 1550. The Hall–Kier alpha value is -5.15. The zero-order valence-electron chi connectivity index (χ0n) is 25.7. The maximum atomic E-state index is 13.3. The van der Waals surface area contributed by atoms with E-state index in [-0.39, 0.29) is 11.9 Å². The maximum Gasteiger partial charge on any atom is 0.408 e. The van der Waals surface area contributed by atoms with Gasteiger partial charge in [-0.1, -0.05) is 109 Å². The minimum absolute atomic E-state index is 0.254. The van der Waals surface area contributed by atoms with E-state index in [9.17, 15) is 19.5 Å². The van der Waals surface area contributed by atoms with Crippen molar-refractivity contribution in [1.29, 1.82) is 0 Å². The molecule has 46 heavy (non-hydrogen) atoms. The molecule has 1 aliphatic rings. The van der Waals surface area contributed by atoms with Crippen LogP contribution in [0.5, 0.6) is 0 Å². The lowest BCUT2D eigenvalue weighted by molar-refractivity contribution is -0.123. The third-order valence-corrected chi connectivity index (χ3v) is 8.02. The SMILES string of the molecule is O=C(O)NC(CNCCCCNC(=O)C(Cc1ccccc1)NC(=O)OC1c2ccccc2-c2ccccc21)Cc1ccccc1. The average Bonchev–Trinajstić information content (AvgIpc) is 3.37. The number of alkyl carbamates (subject to hydrolysis) is 1. The van der Waals surface area contributed by atoms with Crippen molar-refractivity contribution in [3.8, 4) is 11.1 Å². The zero-order valence-corrected chi connectivity index (χ0v) is 25.7. The molecule has 0 fully saturated rings. The van der Waals surface area contributed by atoms with Gasteiger partial charge in [-0.2, -0.15) is 0 Å². The summed E-state index contributed by atoms with van der Waals surface area (Å²) in [7, 11) is 0. The number of unbranched alkanes of at least 4 members (excludes halogenated alkanes) is 1. The lowest BCUT2D eigenvalue weighted by atomic mass is 10.1. The molecule has 5 N–H and O–H groups in total. The average molecular weight is 621 g/mol. The Labute approximate surface area is 269 Å². The Morgan fingerprint density at radius 2 is 1.22 bits per heavy atom. The van der Waals surface area contributed by atoms with E-state index in [0.717, 1.165) is 39.8 Å². The van der Waals surface area contributed by atoms with Crippen LogP contribution in [0.15, 0.2) is 109 Å². The third-order valence-electron chi connectivity index (χ3n) is 8.02. The van der Waals surface area contributed by atoms with E-state index < -0.39 is 24.3 Å². The van der Waals surface area contributed by atoms with E-state index in [2.05, 4.69) is 21.3 Å². The van der Waals surface area contributed by atoms with Gasteiger partial charge in [0, 0.05) is 36.7 Å². The molecule has 0 spiro atoms. The van der Waals surface area contributed by atoms with E-state index in [0.29, 0.717) is 38.9 Å². The van der Waals surface area contributed by atoms with Crippen LogP contribution in [0.3, 0.4) is 0 Å². The molecule has 3 amide bonds. The van der Waals surface area contributed by atoms with E-state index in [1.807, 2.05) is 109 Å². The van der Waals surface area contributed by atoms with Gasteiger partial charge < -0.3 is 31.1 Å². The first-order valence-corrected chi connectivity index (χ1v) is 15.7. The second-order valence-corrected chi connectivity index (χ2v) is 11.4. The summed E-state index contributed by atoms with van der Waals surface area (Å²) in [6, 6.07) is 34.0. The molecule has 4 aromatic carbocycles. The molecule has 4 aromatic rings. The van der Waals surface area contributed by atoms with Gasteiger partial charge in [-0.25, -0.2) is 9.59 Å². The summed E-state index contributed by atoms with van der Waals surface area (Å²) in [4.78, 5) is 37.8. The van der Waals surface area contributed by atoms with Crippen molar-refractivity contribution >= 4 is 18.1 Å². The van der Waals surface area contributed by atoms with Crippen LogP contribution in [0.4, 0.5) is 9.59 Å². The number of benzene rings is 4. The fraction of sp³-hybridized carbons (Fsp3) is 0.270. The summed E-state index contributed by atoms with van der Waals surface area (Å²) in [6.45, 7) is 1.60. The molecular formula is C37H40N4O5. The molecule has 9 nitrogen and oxygen atoms in total. The van der Waals surface area contributed by atoms with Gasteiger partial charge >= 0.3 is 12.2 Å². The van der Waals surface area contributed by atoms with Crippen molar-refractivity contribution in [2.75, 3.05) is 19.6 Å². The highest BCUT2D eigenvalue weighted by Gasteiger charge is 2.32. The molecule has 2 unspecified atom stereocenters. The minimum Gasteiger partial charge on any atom is -0.465 e. The molecule has 0 saturated carbocycles. The maximum absolute atomic E-state index is 13.3. The smallest absolute Gasteiger partial charge is 0.408 e. The van der Waals surface area contributed by atoms with E-state index in [1.54, 1.807) is 0 Å². The fourth-order valence-electron chi connectivity index (χ4n) is 5.81. The molecule has 0 aromatic heterocycles. The Kier molecular flexibility index (Phi) is 11.4. The van der Waals surface area contributed by atoms with Crippen LogP contribution in [0.25, 0.3) is 11.1 Å². The summed E-state index contributed by atoms with van der Waals surface area (Å²) >= 11 is 0. The van der Waals surface area contributed by atoms with Gasteiger partial charge in [-0.3, -0.25) is 4.79 Å². The summed E-state index contributed by atoms with van der Waals surface area (Å²) in [5, 5.41) is 20.9. The molecule has 1 aliphatic carbocycles. The predicted octanol–water partition coefficient (Wildman–Crippen LogP) is 5.46. The van der Waals surface area contributed by atoms with Crippen molar-refractivity contribution in [3.63, 3.8) is 0 Å². The molecule has 5 rings (SSSR count). The fourth-order valence-corrected chi connectivity index (χ4v) is 5.81. The first-order valence-electron chi connectivity index (χ1n) is 15.7. The Balaban J connectivity index is 1.11. The first kappa shape index (κ1) is 32.2. The normalized spacial score (nSPS) is 13.1. The van der Waals surface area contributed by atoms with Crippen molar-refractivity contribution in [2.45, 2.75) is 43.9 Å². The highest BCUT2D eigenvalue weighted by molar-refractivity contribution is 5.86. The van der Waals surface area contributed by atoms with Gasteiger partial charge in [0.15, 0.2) is 6.10 Å². The minimum atomic E-state index is -1.05. The number of fused-ring (bicyclic) bond motifs is 3. The molecule has 0 bridgehead atoms. The second-order valence-electron chi connectivity index (χ2n) is 11.4. The third kappa shape index (κ3) is 8.95. The van der Waals surface area contributed by atoms with Gasteiger partial charge in [0.25, 0.3) is 0 Å². The topological polar surface area (TPSA) is 129 Å². The molecule has 238 valence electrons. The number of nitrogens with one attached hydrogen (secondary N) is 4. The van der Waals surface area contributed by atoms with Gasteiger partial charge in [-0.05, 0) is 48.1 Å².